The molecule has 0 fully saturated rings. The Kier molecular flexibility index (Phi) is 5.03. The summed E-state index contributed by atoms with van der Waals surface area (Å²) in [6.07, 6.45) is 0. The van der Waals surface area contributed by atoms with E-state index in [1.807, 2.05) is 81.4 Å². The summed E-state index contributed by atoms with van der Waals surface area (Å²) in [6, 6.07) is 15.6. The lowest BCUT2D eigenvalue weighted by molar-refractivity contribution is 0.0951. The van der Waals surface area contributed by atoms with Crippen LogP contribution in [0.25, 0.3) is 27.9 Å². The molecule has 0 saturated carbocycles. The minimum atomic E-state index is -0.237. The van der Waals surface area contributed by atoms with Crippen LogP contribution in [0.15, 0.2) is 48.5 Å². The molecule has 3 N–H and O–H groups in total. The van der Waals surface area contributed by atoms with E-state index >= 15 is 0 Å². The molecule has 0 aliphatic rings. The van der Waals surface area contributed by atoms with E-state index < -0.39 is 0 Å². The minimum absolute atomic E-state index is 0.237. The van der Waals surface area contributed by atoms with Crippen molar-refractivity contribution in [1.82, 2.24) is 19.9 Å². The van der Waals surface area contributed by atoms with E-state index in [9.17, 15) is 4.79 Å². The van der Waals surface area contributed by atoms with Crippen molar-refractivity contribution in [2.45, 2.75) is 13.8 Å². The second-order valence-corrected chi connectivity index (χ2v) is 7.99. The lowest BCUT2D eigenvalue weighted by Crippen LogP contribution is -2.28. The van der Waals surface area contributed by atoms with Gasteiger partial charge in [0.2, 0.25) is 0 Å². The van der Waals surface area contributed by atoms with Gasteiger partial charge in [-0.25, -0.2) is 9.97 Å². The SMILES string of the molecule is CC(C)CNC(=O)c1c(N)n(-c2ccc(N(C)C)cc2)c2nc3ccccc3nc12. The number of aromatic nitrogens is 3. The number of anilines is 2. The molecule has 0 saturated heterocycles. The number of nitrogens with zero attached hydrogens (tertiary/aromatic N) is 4. The normalized spacial score (nSPS) is 11.4. The molecule has 0 unspecified atom stereocenters. The van der Waals surface area contributed by atoms with Gasteiger partial charge in [-0.15, -0.1) is 0 Å². The highest BCUT2D eigenvalue weighted by atomic mass is 16.1. The molecular weight excluding hydrogens is 376 g/mol. The van der Waals surface area contributed by atoms with Crippen LogP contribution in [0, 0.1) is 5.92 Å². The summed E-state index contributed by atoms with van der Waals surface area (Å²) in [5.74, 6) is 0.424. The molecular formula is C23H26N6O. The Bertz CT molecular complexity index is 1220. The Morgan fingerprint density at radius 3 is 2.30 bits per heavy atom. The first-order chi connectivity index (χ1) is 14.4. The van der Waals surface area contributed by atoms with E-state index in [0.29, 0.717) is 35.0 Å². The van der Waals surface area contributed by atoms with Crippen LogP contribution in [0.1, 0.15) is 24.2 Å². The van der Waals surface area contributed by atoms with Gasteiger partial charge in [-0.05, 0) is 42.3 Å². The lowest BCUT2D eigenvalue weighted by Gasteiger charge is -2.14. The summed E-state index contributed by atoms with van der Waals surface area (Å²) in [7, 11) is 3.98. The van der Waals surface area contributed by atoms with Crippen molar-refractivity contribution in [2.24, 2.45) is 5.92 Å². The largest absolute Gasteiger partial charge is 0.384 e. The van der Waals surface area contributed by atoms with Crippen LogP contribution in [0.5, 0.6) is 0 Å². The zero-order valence-corrected chi connectivity index (χ0v) is 17.7. The maximum absolute atomic E-state index is 13.0. The molecule has 2 aromatic heterocycles. The number of nitrogens with one attached hydrogen (secondary N) is 1. The highest BCUT2D eigenvalue weighted by molar-refractivity contribution is 6.11. The number of carbonyl (C=O) groups is 1. The topological polar surface area (TPSA) is 89.1 Å². The molecule has 0 aliphatic heterocycles. The van der Waals surface area contributed by atoms with E-state index in [-0.39, 0.29) is 5.91 Å². The van der Waals surface area contributed by atoms with Crippen molar-refractivity contribution in [3.05, 3.63) is 54.1 Å². The zero-order chi connectivity index (χ0) is 21.4. The highest BCUT2D eigenvalue weighted by Gasteiger charge is 2.24. The lowest BCUT2D eigenvalue weighted by atomic mass is 10.2. The Morgan fingerprint density at radius 2 is 1.70 bits per heavy atom. The number of hydrogen-bond acceptors (Lipinski definition) is 5. The second-order valence-electron chi connectivity index (χ2n) is 7.99. The molecule has 0 atom stereocenters. The molecule has 7 nitrogen and oxygen atoms in total. The van der Waals surface area contributed by atoms with Crippen LogP contribution in [0.3, 0.4) is 0 Å². The van der Waals surface area contributed by atoms with Gasteiger partial charge in [0.25, 0.3) is 5.91 Å². The molecule has 30 heavy (non-hydrogen) atoms. The molecule has 2 aromatic carbocycles. The molecule has 4 rings (SSSR count). The van der Waals surface area contributed by atoms with Crippen molar-refractivity contribution in [2.75, 3.05) is 31.3 Å². The van der Waals surface area contributed by atoms with E-state index in [1.54, 1.807) is 4.57 Å². The summed E-state index contributed by atoms with van der Waals surface area (Å²) in [5.41, 5.74) is 11.3. The number of amides is 1. The molecule has 0 radical (unpaired) electrons. The first-order valence-electron chi connectivity index (χ1n) is 9.99. The average Bonchev–Trinajstić information content (AvgIpc) is 3.01. The van der Waals surface area contributed by atoms with Gasteiger partial charge >= 0.3 is 0 Å². The van der Waals surface area contributed by atoms with E-state index in [2.05, 4.69) is 5.32 Å². The fourth-order valence-electron chi connectivity index (χ4n) is 3.43. The molecule has 0 spiro atoms. The van der Waals surface area contributed by atoms with Crippen LogP contribution in [0.2, 0.25) is 0 Å². The van der Waals surface area contributed by atoms with Crippen LogP contribution in [-0.4, -0.2) is 41.1 Å². The zero-order valence-electron chi connectivity index (χ0n) is 17.7. The number of para-hydroxylation sites is 2. The minimum Gasteiger partial charge on any atom is -0.384 e. The average molecular weight is 403 g/mol. The molecule has 154 valence electrons. The third kappa shape index (κ3) is 3.43. The fraction of sp³-hybridized carbons (Fsp3) is 0.261. The van der Waals surface area contributed by atoms with Gasteiger partial charge in [-0.1, -0.05) is 26.0 Å². The smallest absolute Gasteiger partial charge is 0.257 e. The standard InChI is InChI=1S/C23H26N6O/c1-14(2)13-25-23(30)19-20-22(27-18-8-6-5-7-17(18)26-20)29(21(19)24)16-11-9-15(10-12-16)28(3)4/h5-12,14H,13,24H2,1-4H3,(H,25,30). The summed E-state index contributed by atoms with van der Waals surface area (Å²) < 4.78 is 1.80. The molecule has 2 heterocycles. The van der Waals surface area contributed by atoms with Gasteiger partial charge in [-0.2, -0.15) is 0 Å². The van der Waals surface area contributed by atoms with Crippen LogP contribution in [0.4, 0.5) is 11.5 Å². The highest BCUT2D eigenvalue weighted by Crippen LogP contribution is 2.31. The van der Waals surface area contributed by atoms with Crippen molar-refractivity contribution in [1.29, 1.82) is 0 Å². The van der Waals surface area contributed by atoms with Gasteiger partial charge in [-0.3, -0.25) is 9.36 Å². The van der Waals surface area contributed by atoms with Gasteiger partial charge < -0.3 is 16.0 Å². The predicted molar refractivity (Wildman–Crippen MR) is 122 cm³/mol. The summed E-state index contributed by atoms with van der Waals surface area (Å²) >= 11 is 0. The van der Waals surface area contributed by atoms with Crippen molar-refractivity contribution >= 4 is 39.6 Å². The number of benzene rings is 2. The molecule has 1 amide bonds. The van der Waals surface area contributed by atoms with Crippen LogP contribution < -0.4 is 16.0 Å². The first kappa shape index (κ1) is 19.7. The number of hydrogen-bond donors (Lipinski definition) is 2. The Hall–Kier alpha value is -3.61. The van der Waals surface area contributed by atoms with Crippen LogP contribution >= 0.6 is 0 Å². The quantitative estimate of drug-likeness (QED) is 0.532. The maximum Gasteiger partial charge on any atom is 0.257 e. The number of nitrogen functional groups attached to an aromatic ring is 1. The number of fused-ring (bicyclic) bond motifs is 2. The summed E-state index contributed by atoms with van der Waals surface area (Å²) in [6.45, 7) is 4.66. The third-order valence-electron chi connectivity index (χ3n) is 5.02. The summed E-state index contributed by atoms with van der Waals surface area (Å²) in [4.78, 5) is 24.6. The number of carbonyl (C=O) groups excluding carboxylic acids is 1. The van der Waals surface area contributed by atoms with Gasteiger partial charge in [0.05, 0.1) is 11.0 Å². The predicted octanol–water partition coefficient (Wildman–Crippen LogP) is 3.61. The Labute approximate surface area is 175 Å². The fourth-order valence-corrected chi connectivity index (χ4v) is 3.43. The van der Waals surface area contributed by atoms with E-state index in [0.717, 1.165) is 22.4 Å². The Morgan fingerprint density at radius 1 is 1.07 bits per heavy atom. The maximum atomic E-state index is 13.0. The van der Waals surface area contributed by atoms with E-state index in [4.69, 9.17) is 15.7 Å². The van der Waals surface area contributed by atoms with Crippen molar-refractivity contribution in [3.63, 3.8) is 0 Å². The van der Waals surface area contributed by atoms with Crippen molar-refractivity contribution in [3.8, 4) is 5.69 Å². The number of nitrogens with two attached hydrogens (primary N) is 1. The molecule has 0 aliphatic carbocycles. The second kappa shape index (κ2) is 7.67. The molecule has 7 heteroatoms. The first-order valence-corrected chi connectivity index (χ1v) is 9.99. The van der Waals surface area contributed by atoms with Gasteiger partial charge in [0, 0.05) is 32.0 Å². The van der Waals surface area contributed by atoms with E-state index in [1.165, 1.54) is 0 Å². The molecule has 4 aromatic rings. The monoisotopic (exact) mass is 402 g/mol. The molecule has 0 bridgehead atoms. The van der Waals surface area contributed by atoms with Crippen LogP contribution in [-0.2, 0) is 0 Å². The van der Waals surface area contributed by atoms with Gasteiger partial charge in [0.15, 0.2) is 5.65 Å². The van der Waals surface area contributed by atoms with Gasteiger partial charge in [0.1, 0.15) is 16.9 Å². The summed E-state index contributed by atoms with van der Waals surface area (Å²) in [5, 5.41) is 2.96. The number of rotatable bonds is 5. The van der Waals surface area contributed by atoms with Crippen molar-refractivity contribution < 1.29 is 4.79 Å². The third-order valence-corrected chi connectivity index (χ3v) is 5.02. The Balaban J connectivity index is 1.95.